The van der Waals surface area contributed by atoms with Crippen molar-refractivity contribution in [3.63, 3.8) is 0 Å². The summed E-state index contributed by atoms with van der Waals surface area (Å²) < 4.78 is 36.1. The van der Waals surface area contributed by atoms with Gasteiger partial charge in [0.05, 0.1) is 4.92 Å². The summed E-state index contributed by atoms with van der Waals surface area (Å²) in [7, 11) is 0. The average molecular weight is 245 g/mol. The smallest absolute Gasteiger partial charge is 0.284 e. The minimum Gasteiger partial charge on any atom is -0.284 e. The summed E-state index contributed by atoms with van der Waals surface area (Å²) in [6.45, 7) is 0. The van der Waals surface area contributed by atoms with Gasteiger partial charge in [-0.1, -0.05) is 24.3 Å². The molecular formula is C10H6F3NO3. The molecule has 0 fully saturated rings. The molecule has 0 spiro atoms. The van der Waals surface area contributed by atoms with Gasteiger partial charge in [-0.3, -0.25) is 14.9 Å². The Kier molecular flexibility index (Phi) is 3.62. The number of alkyl halides is 3. The zero-order valence-electron chi connectivity index (χ0n) is 8.27. The second-order valence-electron chi connectivity index (χ2n) is 3.05. The van der Waals surface area contributed by atoms with Crippen LogP contribution in [-0.2, 0) is 0 Å². The second-order valence-corrected chi connectivity index (χ2v) is 3.05. The van der Waals surface area contributed by atoms with Crippen molar-refractivity contribution in [2.45, 2.75) is 6.18 Å². The van der Waals surface area contributed by atoms with E-state index in [1.165, 1.54) is 12.1 Å². The lowest BCUT2D eigenvalue weighted by atomic mass is 10.1. The fourth-order valence-electron chi connectivity index (χ4n) is 1.06. The molecule has 0 aliphatic rings. The number of Topliss-reactive ketones (excluding diaryl/α,β-unsaturated/α-hetero) is 1. The number of halogens is 3. The van der Waals surface area contributed by atoms with Crippen LogP contribution in [0.2, 0.25) is 0 Å². The van der Waals surface area contributed by atoms with E-state index in [-0.39, 0.29) is 0 Å². The molecule has 90 valence electrons. The standard InChI is InChI=1S/C10H6F3NO3/c11-10(12,13)9(15)8-3-1-7(2-4-8)5-6-14(16)17/h1-6H/b6-5+. The molecule has 0 unspecified atom stereocenters. The third-order valence-electron chi connectivity index (χ3n) is 1.82. The molecule has 0 saturated heterocycles. The first kappa shape index (κ1) is 12.9. The summed E-state index contributed by atoms with van der Waals surface area (Å²) in [5.41, 5.74) is -0.170. The van der Waals surface area contributed by atoms with E-state index in [0.29, 0.717) is 11.8 Å². The Morgan fingerprint density at radius 2 is 1.76 bits per heavy atom. The largest absolute Gasteiger partial charge is 0.454 e. The molecule has 17 heavy (non-hydrogen) atoms. The maximum atomic E-state index is 12.0. The summed E-state index contributed by atoms with van der Waals surface area (Å²) in [5, 5.41) is 10.00. The molecule has 0 aromatic heterocycles. The average Bonchev–Trinajstić information content (AvgIpc) is 2.25. The number of ketones is 1. The van der Waals surface area contributed by atoms with Crippen LogP contribution in [0.1, 0.15) is 15.9 Å². The van der Waals surface area contributed by atoms with Crippen molar-refractivity contribution in [2.75, 3.05) is 0 Å². The summed E-state index contributed by atoms with van der Waals surface area (Å²) in [6, 6.07) is 4.32. The molecule has 0 heterocycles. The molecule has 0 amide bonds. The van der Waals surface area contributed by atoms with E-state index in [0.717, 1.165) is 18.2 Å². The Bertz CT molecular complexity index is 463. The molecule has 4 nitrogen and oxygen atoms in total. The van der Waals surface area contributed by atoms with Gasteiger partial charge in [0.25, 0.3) is 5.78 Å². The van der Waals surface area contributed by atoms with Crippen molar-refractivity contribution in [1.82, 2.24) is 0 Å². The predicted molar refractivity (Wildman–Crippen MR) is 52.9 cm³/mol. The van der Waals surface area contributed by atoms with Gasteiger partial charge in [-0.15, -0.1) is 0 Å². The maximum Gasteiger partial charge on any atom is 0.454 e. The quantitative estimate of drug-likeness (QED) is 0.467. The monoisotopic (exact) mass is 245 g/mol. The molecule has 0 aliphatic carbocycles. The zero-order valence-corrected chi connectivity index (χ0v) is 8.27. The van der Waals surface area contributed by atoms with E-state index in [2.05, 4.69) is 0 Å². The maximum absolute atomic E-state index is 12.0. The van der Waals surface area contributed by atoms with Crippen LogP contribution in [0, 0.1) is 10.1 Å². The van der Waals surface area contributed by atoms with Crippen LogP contribution >= 0.6 is 0 Å². The lowest BCUT2D eigenvalue weighted by Crippen LogP contribution is -2.22. The molecule has 7 heteroatoms. The van der Waals surface area contributed by atoms with E-state index in [1.807, 2.05) is 0 Å². The van der Waals surface area contributed by atoms with Gasteiger partial charge < -0.3 is 0 Å². The normalized spacial score (nSPS) is 11.7. The van der Waals surface area contributed by atoms with Crippen LogP contribution in [0.3, 0.4) is 0 Å². The number of hydrogen-bond donors (Lipinski definition) is 0. The predicted octanol–water partition coefficient (Wildman–Crippen LogP) is 2.68. The van der Waals surface area contributed by atoms with Gasteiger partial charge in [-0.05, 0) is 5.56 Å². The lowest BCUT2D eigenvalue weighted by Gasteiger charge is -2.04. The molecule has 0 bridgehead atoms. The van der Waals surface area contributed by atoms with Crippen molar-refractivity contribution in [2.24, 2.45) is 0 Å². The van der Waals surface area contributed by atoms with E-state index in [9.17, 15) is 28.1 Å². The highest BCUT2D eigenvalue weighted by Crippen LogP contribution is 2.21. The third kappa shape index (κ3) is 3.71. The molecule has 0 atom stereocenters. The summed E-state index contributed by atoms with van der Waals surface area (Å²) >= 11 is 0. The molecule has 1 aromatic carbocycles. The summed E-state index contributed by atoms with van der Waals surface area (Å²) in [5.74, 6) is -1.94. The number of benzene rings is 1. The Hall–Kier alpha value is -2.18. The summed E-state index contributed by atoms with van der Waals surface area (Å²) in [6.07, 6.45) is -3.15. The zero-order chi connectivity index (χ0) is 13.1. The van der Waals surface area contributed by atoms with Gasteiger partial charge in [0.1, 0.15) is 0 Å². The first-order valence-corrected chi connectivity index (χ1v) is 4.34. The first-order chi connectivity index (χ1) is 7.80. The van der Waals surface area contributed by atoms with Gasteiger partial charge in [0.15, 0.2) is 0 Å². The van der Waals surface area contributed by atoms with Crippen molar-refractivity contribution in [1.29, 1.82) is 0 Å². The Labute approximate surface area is 93.5 Å². The fraction of sp³-hybridized carbons (Fsp3) is 0.100. The fourth-order valence-corrected chi connectivity index (χ4v) is 1.06. The Morgan fingerprint density at radius 1 is 1.24 bits per heavy atom. The SMILES string of the molecule is O=C(c1ccc(/C=C/[N+](=O)[O-])cc1)C(F)(F)F. The molecular weight excluding hydrogens is 239 g/mol. The number of carbonyl (C=O) groups excluding carboxylic acids is 1. The van der Waals surface area contributed by atoms with E-state index in [1.54, 1.807) is 0 Å². The summed E-state index contributed by atoms with van der Waals surface area (Å²) in [4.78, 5) is 20.1. The highest BCUT2D eigenvalue weighted by atomic mass is 19.4. The Balaban J connectivity index is 2.89. The van der Waals surface area contributed by atoms with Crippen LogP contribution in [0.5, 0.6) is 0 Å². The topological polar surface area (TPSA) is 60.2 Å². The molecule has 1 rings (SSSR count). The molecule has 0 aliphatic heterocycles. The minimum atomic E-state index is -4.92. The van der Waals surface area contributed by atoms with Crippen molar-refractivity contribution in [3.05, 3.63) is 51.7 Å². The number of rotatable bonds is 3. The van der Waals surface area contributed by atoms with Crippen LogP contribution in [0.4, 0.5) is 13.2 Å². The highest BCUT2D eigenvalue weighted by molar-refractivity contribution is 6.00. The molecule has 1 aromatic rings. The van der Waals surface area contributed by atoms with E-state index in [4.69, 9.17) is 0 Å². The van der Waals surface area contributed by atoms with Crippen molar-refractivity contribution in [3.8, 4) is 0 Å². The Morgan fingerprint density at radius 3 is 2.18 bits per heavy atom. The van der Waals surface area contributed by atoms with Crippen molar-refractivity contribution < 1.29 is 22.9 Å². The van der Waals surface area contributed by atoms with E-state index >= 15 is 0 Å². The molecule has 0 N–H and O–H groups in total. The first-order valence-electron chi connectivity index (χ1n) is 4.34. The third-order valence-corrected chi connectivity index (χ3v) is 1.82. The van der Waals surface area contributed by atoms with Gasteiger partial charge in [-0.2, -0.15) is 13.2 Å². The van der Waals surface area contributed by atoms with E-state index < -0.39 is 22.4 Å². The van der Waals surface area contributed by atoms with Gasteiger partial charge in [0, 0.05) is 11.6 Å². The van der Waals surface area contributed by atoms with Crippen LogP contribution in [0.15, 0.2) is 30.5 Å². The highest BCUT2D eigenvalue weighted by Gasteiger charge is 2.38. The van der Waals surface area contributed by atoms with Crippen LogP contribution < -0.4 is 0 Å². The van der Waals surface area contributed by atoms with Crippen LogP contribution in [-0.4, -0.2) is 16.9 Å². The lowest BCUT2D eigenvalue weighted by molar-refractivity contribution is -0.400. The number of nitrogens with zero attached hydrogens (tertiary/aromatic N) is 1. The molecule has 0 saturated carbocycles. The van der Waals surface area contributed by atoms with Gasteiger partial charge >= 0.3 is 6.18 Å². The second kappa shape index (κ2) is 4.77. The van der Waals surface area contributed by atoms with Gasteiger partial charge in [-0.25, -0.2) is 0 Å². The van der Waals surface area contributed by atoms with Crippen molar-refractivity contribution >= 4 is 11.9 Å². The van der Waals surface area contributed by atoms with Gasteiger partial charge in [0.2, 0.25) is 6.20 Å². The molecule has 0 radical (unpaired) electrons. The van der Waals surface area contributed by atoms with Crippen LogP contribution in [0.25, 0.3) is 6.08 Å². The minimum absolute atomic E-state index is 0.334. The number of nitro groups is 1. The number of carbonyl (C=O) groups is 1. The number of hydrogen-bond acceptors (Lipinski definition) is 3.